The van der Waals surface area contributed by atoms with Crippen LogP contribution in [0.2, 0.25) is 0 Å². The topological polar surface area (TPSA) is 87.3 Å². The Morgan fingerprint density at radius 3 is 2.23 bits per heavy atom. The van der Waals surface area contributed by atoms with Crippen LogP contribution in [0.15, 0.2) is 76.4 Å². The SMILES string of the molecule is CC(=O)c1ccc(S(=O)(=O)N(Cc2ccc(F)cc2)Cc2cc3c(C)cc(C)cc3[nH]c2=O)cc1. The molecule has 0 aliphatic carbocycles. The number of aryl methyl sites for hydroxylation is 2. The molecule has 6 nitrogen and oxygen atoms in total. The summed E-state index contributed by atoms with van der Waals surface area (Å²) in [5, 5.41) is 0.829. The van der Waals surface area contributed by atoms with Gasteiger partial charge in [-0.05, 0) is 73.9 Å². The number of benzene rings is 3. The summed E-state index contributed by atoms with van der Waals surface area (Å²) in [6.07, 6.45) is 0. The number of rotatable bonds is 7. The van der Waals surface area contributed by atoms with Crippen molar-refractivity contribution in [3.63, 3.8) is 0 Å². The number of hydrogen-bond acceptors (Lipinski definition) is 4. The van der Waals surface area contributed by atoms with Gasteiger partial charge in [-0.15, -0.1) is 0 Å². The molecule has 0 aliphatic heterocycles. The third-order valence-electron chi connectivity index (χ3n) is 5.91. The molecule has 0 aliphatic rings. The second-order valence-corrected chi connectivity index (χ2v) is 10.6. The van der Waals surface area contributed by atoms with Gasteiger partial charge in [0.1, 0.15) is 5.82 Å². The third kappa shape index (κ3) is 5.23. The average Bonchev–Trinajstić information content (AvgIpc) is 2.80. The van der Waals surface area contributed by atoms with Crippen LogP contribution >= 0.6 is 0 Å². The van der Waals surface area contributed by atoms with Crippen molar-refractivity contribution in [1.82, 2.24) is 9.29 Å². The number of aromatic amines is 1. The number of carbonyl (C=O) groups is 1. The van der Waals surface area contributed by atoms with Gasteiger partial charge in [0.15, 0.2) is 5.78 Å². The van der Waals surface area contributed by atoms with E-state index >= 15 is 0 Å². The number of nitrogens with one attached hydrogen (secondary N) is 1. The molecule has 8 heteroatoms. The van der Waals surface area contributed by atoms with Crippen LogP contribution in [0.25, 0.3) is 10.9 Å². The number of hydrogen-bond donors (Lipinski definition) is 1. The van der Waals surface area contributed by atoms with Crippen molar-refractivity contribution in [2.75, 3.05) is 0 Å². The predicted octanol–water partition coefficient (Wildman–Crippen LogP) is 4.88. The zero-order valence-electron chi connectivity index (χ0n) is 19.6. The highest BCUT2D eigenvalue weighted by molar-refractivity contribution is 7.89. The van der Waals surface area contributed by atoms with E-state index < -0.39 is 15.8 Å². The van der Waals surface area contributed by atoms with E-state index in [2.05, 4.69) is 4.98 Å². The Bertz CT molecular complexity index is 1580. The minimum absolute atomic E-state index is 0.00589. The van der Waals surface area contributed by atoms with E-state index in [9.17, 15) is 22.4 Å². The van der Waals surface area contributed by atoms with Gasteiger partial charge in [-0.25, -0.2) is 12.8 Å². The molecule has 1 N–H and O–H groups in total. The quantitative estimate of drug-likeness (QED) is 0.373. The fourth-order valence-corrected chi connectivity index (χ4v) is 5.46. The summed E-state index contributed by atoms with van der Waals surface area (Å²) in [6, 6.07) is 16.8. The highest BCUT2D eigenvalue weighted by Gasteiger charge is 2.26. The number of halogens is 1. The minimum Gasteiger partial charge on any atom is -0.322 e. The normalized spacial score (nSPS) is 11.8. The summed E-state index contributed by atoms with van der Waals surface area (Å²) in [5.41, 5.74) is 3.52. The molecule has 0 saturated carbocycles. The van der Waals surface area contributed by atoms with E-state index in [-0.39, 0.29) is 34.9 Å². The maximum Gasteiger partial charge on any atom is 0.252 e. The molecule has 0 bridgehead atoms. The second kappa shape index (κ2) is 9.56. The molecule has 0 fully saturated rings. The Morgan fingerprint density at radius 2 is 1.60 bits per heavy atom. The van der Waals surface area contributed by atoms with Gasteiger partial charge in [0, 0.05) is 35.1 Å². The summed E-state index contributed by atoms with van der Waals surface area (Å²) in [7, 11) is -4.06. The van der Waals surface area contributed by atoms with Crippen LogP contribution in [-0.4, -0.2) is 23.5 Å². The van der Waals surface area contributed by atoms with Crippen molar-refractivity contribution >= 4 is 26.7 Å². The molecule has 180 valence electrons. The Labute approximate surface area is 203 Å². The zero-order chi connectivity index (χ0) is 25.3. The highest BCUT2D eigenvalue weighted by Crippen LogP contribution is 2.24. The lowest BCUT2D eigenvalue weighted by molar-refractivity contribution is 0.101. The molecule has 35 heavy (non-hydrogen) atoms. The Hall–Kier alpha value is -3.62. The predicted molar refractivity (Wildman–Crippen MR) is 133 cm³/mol. The fourth-order valence-electron chi connectivity index (χ4n) is 4.05. The van der Waals surface area contributed by atoms with E-state index in [1.807, 2.05) is 26.0 Å². The minimum atomic E-state index is -4.06. The smallest absolute Gasteiger partial charge is 0.252 e. The first-order valence-corrected chi connectivity index (χ1v) is 12.5. The van der Waals surface area contributed by atoms with Crippen molar-refractivity contribution < 1.29 is 17.6 Å². The van der Waals surface area contributed by atoms with Crippen molar-refractivity contribution in [2.45, 2.75) is 38.8 Å². The monoisotopic (exact) mass is 492 g/mol. The van der Waals surface area contributed by atoms with E-state index in [4.69, 9.17) is 0 Å². The lowest BCUT2D eigenvalue weighted by Crippen LogP contribution is -2.32. The van der Waals surface area contributed by atoms with E-state index in [1.54, 1.807) is 6.07 Å². The van der Waals surface area contributed by atoms with Crippen molar-refractivity contribution in [3.05, 3.63) is 111 Å². The molecule has 0 saturated heterocycles. The third-order valence-corrected chi connectivity index (χ3v) is 7.71. The molecule has 0 unspecified atom stereocenters. The van der Waals surface area contributed by atoms with Crippen molar-refractivity contribution in [2.24, 2.45) is 0 Å². The average molecular weight is 493 g/mol. The van der Waals surface area contributed by atoms with Gasteiger partial charge >= 0.3 is 0 Å². The first-order valence-electron chi connectivity index (χ1n) is 11.0. The molecule has 0 radical (unpaired) electrons. The van der Waals surface area contributed by atoms with Gasteiger partial charge in [-0.2, -0.15) is 4.31 Å². The van der Waals surface area contributed by atoms with E-state index in [0.29, 0.717) is 16.6 Å². The summed E-state index contributed by atoms with van der Waals surface area (Å²) in [6.45, 7) is 5.02. The number of H-pyrrole nitrogens is 1. The molecule has 0 spiro atoms. The molecule has 1 aromatic heterocycles. The summed E-state index contributed by atoms with van der Waals surface area (Å²) in [5.74, 6) is -0.606. The Balaban J connectivity index is 1.78. The van der Waals surface area contributed by atoms with Gasteiger partial charge in [0.05, 0.1) is 4.90 Å². The van der Waals surface area contributed by atoms with Crippen molar-refractivity contribution in [3.8, 4) is 0 Å². The van der Waals surface area contributed by atoms with Crippen LogP contribution in [0.1, 0.15) is 39.5 Å². The molecular weight excluding hydrogens is 467 g/mol. The highest BCUT2D eigenvalue weighted by atomic mass is 32.2. The fraction of sp³-hybridized carbons (Fsp3) is 0.185. The van der Waals surface area contributed by atoms with Gasteiger partial charge < -0.3 is 4.98 Å². The molecule has 0 amide bonds. The summed E-state index contributed by atoms with van der Waals surface area (Å²) >= 11 is 0. The number of fused-ring (bicyclic) bond motifs is 1. The zero-order valence-corrected chi connectivity index (χ0v) is 20.4. The van der Waals surface area contributed by atoms with E-state index in [1.165, 1.54) is 59.8 Å². The lowest BCUT2D eigenvalue weighted by atomic mass is 10.0. The van der Waals surface area contributed by atoms with Crippen LogP contribution in [0.5, 0.6) is 0 Å². The number of carbonyl (C=O) groups excluding carboxylic acids is 1. The summed E-state index contributed by atoms with van der Waals surface area (Å²) in [4.78, 5) is 27.4. The molecular formula is C27H25FN2O4S. The van der Waals surface area contributed by atoms with Crippen LogP contribution in [0, 0.1) is 19.7 Å². The van der Waals surface area contributed by atoms with Gasteiger partial charge in [-0.1, -0.05) is 30.3 Å². The first-order chi connectivity index (χ1) is 16.5. The largest absolute Gasteiger partial charge is 0.322 e. The summed E-state index contributed by atoms with van der Waals surface area (Å²) < 4.78 is 41.9. The number of aromatic nitrogens is 1. The molecule has 3 aromatic carbocycles. The standard InChI is InChI=1S/C27H25FN2O4S/c1-17-12-18(2)25-14-22(27(32)29-26(25)13-17)16-30(15-20-4-8-23(28)9-5-20)35(33,34)24-10-6-21(7-11-24)19(3)31/h4-14H,15-16H2,1-3H3,(H,29,32). The number of ketones is 1. The first kappa shape index (κ1) is 24.5. The van der Waals surface area contributed by atoms with Gasteiger partial charge in [0.2, 0.25) is 10.0 Å². The Morgan fingerprint density at radius 1 is 0.943 bits per heavy atom. The van der Waals surface area contributed by atoms with Crippen molar-refractivity contribution in [1.29, 1.82) is 0 Å². The number of nitrogens with zero attached hydrogens (tertiary/aromatic N) is 1. The molecule has 0 atom stereocenters. The number of sulfonamides is 1. The van der Waals surface area contributed by atoms with Gasteiger partial charge in [-0.3, -0.25) is 9.59 Å². The number of pyridine rings is 1. The van der Waals surface area contributed by atoms with Gasteiger partial charge in [0.25, 0.3) is 5.56 Å². The number of Topliss-reactive ketones (excluding diaryl/α,β-unsaturated/α-hetero) is 1. The molecule has 1 heterocycles. The molecule has 4 aromatic rings. The maximum absolute atomic E-state index is 13.6. The lowest BCUT2D eigenvalue weighted by Gasteiger charge is -2.23. The molecule has 4 rings (SSSR count). The van der Waals surface area contributed by atoms with Crippen LogP contribution < -0.4 is 5.56 Å². The van der Waals surface area contributed by atoms with Crippen LogP contribution in [0.3, 0.4) is 0 Å². The maximum atomic E-state index is 13.6. The Kier molecular flexibility index (Phi) is 6.69. The van der Waals surface area contributed by atoms with Crippen LogP contribution in [-0.2, 0) is 23.1 Å². The second-order valence-electron chi connectivity index (χ2n) is 8.65. The van der Waals surface area contributed by atoms with Crippen LogP contribution in [0.4, 0.5) is 4.39 Å². The van der Waals surface area contributed by atoms with E-state index in [0.717, 1.165) is 16.5 Å².